The van der Waals surface area contributed by atoms with E-state index < -0.39 is 12.0 Å². The topological polar surface area (TPSA) is 69.6 Å². The first kappa shape index (κ1) is 15.7. The Balaban J connectivity index is 2.47. The fraction of sp³-hybridized carbons (Fsp3) is 0.692. The molecule has 1 fully saturated rings. The quantitative estimate of drug-likeness (QED) is 0.576. The summed E-state index contributed by atoms with van der Waals surface area (Å²) in [4.78, 5) is 24.6. The molecule has 1 aliphatic rings. The van der Waals surface area contributed by atoms with Gasteiger partial charge in [0.1, 0.15) is 6.04 Å². The van der Waals surface area contributed by atoms with Crippen LogP contribution in [0.25, 0.3) is 0 Å². The van der Waals surface area contributed by atoms with Crippen LogP contribution in [0.15, 0.2) is 0 Å². The van der Waals surface area contributed by atoms with Crippen LogP contribution in [-0.2, 0) is 4.79 Å². The maximum atomic E-state index is 12.1. The van der Waals surface area contributed by atoms with Crippen LogP contribution < -0.4 is 5.32 Å². The van der Waals surface area contributed by atoms with Gasteiger partial charge in [0.15, 0.2) is 0 Å². The lowest BCUT2D eigenvalue weighted by molar-refractivity contribution is -0.141. The number of aliphatic carboxylic acids is 1. The van der Waals surface area contributed by atoms with E-state index in [0.717, 1.165) is 19.3 Å². The second-order valence-electron chi connectivity index (χ2n) is 4.35. The first-order chi connectivity index (χ1) is 9.11. The molecule has 1 heterocycles. The van der Waals surface area contributed by atoms with E-state index in [-0.39, 0.29) is 11.4 Å². The van der Waals surface area contributed by atoms with Gasteiger partial charge < -0.3 is 10.4 Å². The zero-order chi connectivity index (χ0) is 14.3. The average molecular weight is 284 g/mol. The number of carbonyl (C=O) groups excluding carboxylic acids is 1. The average Bonchev–Trinajstić information content (AvgIpc) is 2.82. The van der Waals surface area contributed by atoms with Crippen molar-refractivity contribution in [1.29, 1.82) is 0 Å². The van der Waals surface area contributed by atoms with Crippen molar-refractivity contribution in [2.45, 2.75) is 44.0 Å². The molecule has 2 N–H and O–H groups in total. The SMILES string of the molecule is C#CCCCCNC(=O)N1C(CC)SCC1C(=O)O. The summed E-state index contributed by atoms with van der Waals surface area (Å²) in [6, 6.07) is -1.01. The van der Waals surface area contributed by atoms with E-state index in [1.165, 1.54) is 16.7 Å². The minimum absolute atomic E-state index is 0.0493. The number of nitrogens with one attached hydrogen (secondary N) is 1. The van der Waals surface area contributed by atoms with Crippen molar-refractivity contribution in [1.82, 2.24) is 10.2 Å². The lowest BCUT2D eigenvalue weighted by Crippen LogP contribution is -2.50. The molecule has 6 heteroatoms. The first-order valence-electron chi connectivity index (χ1n) is 6.45. The molecule has 0 radical (unpaired) electrons. The molecule has 0 aliphatic carbocycles. The van der Waals surface area contributed by atoms with Crippen LogP contribution in [0.5, 0.6) is 0 Å². The molecule has 19 heavy (non-hydrogen) atoms. The molecule has 0 aromatic heterocycles. The zero-order valence-electron chi connectivity index (χ0n) is 11.1. The highest BCUT2D eigenvalue weighted by Gasteiger charge is 2.40. The highest BCUT2D eigenvalue weighted by atomic mass is 32.2. The third-order valence-corrected chi connectivity index (χ3v) is 4.44. The van der Waals surface area contributed by atoms with Gasteiger partial charge in [0.05, 0.1) is 5.37 Å². The number of urea groups is 1. The van der Waals surface area contributed by atoms with Crippen LogP contribution in [0.4, 0.5) is 4.79 Å². The fourth-order valence-corrected chi connectivity index (χ4v) is 3.33. The predicted molar refractivity (Wildman–Crippen MR) is 75.9 cm³/mol. The van der Waals surface area contributed by atoms with E-state index >= 15 is 0 Å². The maximum absolute atomic E-state index is 12.1. The van der Waals surface area contributed by atoms with E-state index in [2.05, 4.69) is 11.2 Å². The molecule has 0 saturated carbocycles. The largest absolute Gasteiger partial charge is 0.480 e. The Morgan fingerprint density at radius 3 is 2.84 bits per heavy atom. The summed E-state index contributed by atoms with van der Waals surface area (Å²) in [5.41, 5.74) is 0. The Labute approximate surface area is 118 Å². The predicted octanol–water partition coefficient (Wildman–Crippen LogP) is 1.74. The van der Waals surface area contributed by atoms with Crippen molar-refractivity contribution in [3.8, 4) is 12.3 Å². The fourth-order valence-electron chi connectivity index (χ4n) is 1.98. The third kappa shape index (κ3) is 4.35. The summed E-state index contributed by atoms with van der Waals surface area (Å²) >= 11 is 1.52. The molecule has 1 aliphatic heterocycles. The van der Waals surface area contributed by atoms with Crippen LogP contribution in [-0.4, -0.2) is 45.7 Å². The number of thioether (sulfide) groups is 1. The van der Waals surface area contributed by atoms with Gasteiger partial charge in [-0.15, -0.1) is 24.1 Å². The Morgan fingerprint density at radius 1 is 1.53 bits per heavy atom. The molecule has 5 nitrogen and oxygen atoms in total. The summed E-state index contributed by atoms with van der Waals surface area (Å²) in [5.74, 6) is 2.06. The molecule has 1 saturated heterocycles. The molecule has 2 amide bonds. The van der Waals surface area contributed by atoms with Gasteiger partial charge in [-0.25, -0.2) is 9.59 Å². The molecule has 0 bridgehead atoms. The number of carboxylic acid groups (broad SMARTS) is 1. The van der Waals surface area contributed by atoms with Gasteiger partial charge in [-0.05, 0) is 19.3 Å². The molecule has 0 spiro atoms. The van der Waals surface area contributed by atoms with E-state index in [4.69, 9.17) is 11.5 Å². The maximum Gasteiger partial charge on any atom is 0.327 e. The molecule has 2 atom stereocenters. The van der Waals surface area contributed by atoms with Gasteiger partial charge in [-0.2, -0.15) is 0 Å². The summed E-state index contributed by atoms with van der Waals surface area (Å²) < 4.78 is 0. The molecule has 106 valence electrons. The van der Waals surface area contributed by atoms with E-state index in [9.17, 15) is 9.59 Å². The Morgan fingerprint density at radius 2 is 2.26 bits per heavy atom. The number of rotatable bonds is 6. The second-order valence-corrected chi connectivity index (χ2v) is 5.56. The van der Waals surface area contributed by atoms with Gasteiger partial charge in [0.2, 0.25) is 0 Å². The number of carbonyl (C=O) groups is 2. The number of unbranched alkanes of at least 4 members (excludes halogenated alkanes) is 2. The molecule has 0 aromatic rings. The Hall–Kier alpha value is -1.35. The van der Waals surface area contributed by atoms with Crippen molar-refractivity contribution in [3.05, 3.63) is 0 Å². The smallest absolute Gasteiger partial charge is 0.327 e. The van der Waals surface area contributed by atoms with Gasteiger partial charge in [-0.3, -0.25) is 4.90 Å². The van der Waals surface area contributed by atoms with Crippen molar-refractivity contribution < 1.29 is 14.7 Å². The summed E-state index contributed by atoms with van der Waals surface area (Å²) in [7, 11) is 0. The Kier molecular flexibility index (Phi) is 6.57. The number of nitrogens with zero attached hydrogens (tertiary/aromatic N) is 1. The summed E-state index contributed by atoms with van der Waals surface area (Å²) in [6.07, 6.45) is 8.27. The van der Waals surface area contributed by atoms with E-state index in [1.807, 2.05) is 6.92 Å². The van der Waals surface area contributed by atoms with Crippen molar-refractivity contribution in [3.63, 3.8) is 0 Å². The zero-order valence-corrected chi connectivity index (χ0v) is 11.9. The first-order valence-corrected chi connectivity index (χ1v) is 7.50. The Bertz CT molecular complexity index is 367. The van der Waals surface area contributed by atoms with Crippen LogP contribution in [0, 0.1) is 12.3 Å². The van der Waals surface area contributed by atoms with Gasteiger partial charge >= 0.3 is 12.0 Å². The number of hydrogen-bond acceptors (Lipinski definition) is 3. The van der Waals surface area contributed by atoms with Gasteiger partial charge in [0.25, 0.3) is 0 Å². The van der Waals surface area contributed by atoms with E-state index in [0.29, 0.717) is 18.7 Å². The van der Waals surface area contributed by atoms with Crippen LogP contribution in [0.3, 0.4) is 0 Å². The van der Waals surface area contributed by atoms with E-state index in [1.54, 1.807) is 0 Å². The molecule has 1 rings (SSSR count). The van der Waals surface area contributed by atoms with Crippen molar-refractivity contribution in [2.75, 3.05) is 12.3 Å². The second kappa shape index (κ2) is 7.95. The van der Waals surface area contributed by atoms with Crippen LogP contribution in [0.2, 0.25) is 0 Å². The van der Waals surface area contributed by atoms with Crippen molar-refractivity contribution in [2.24, 2.45) is 0 Å². The van der Waals surface area contributed by atoms with Crippen molar-refractivity contribution >= 4 is 23.8 Å². The molecule has 0 aromatic carbocycles. The lowest BCUT2D eigenvalue weighted by atomic mass is 10.2. The molecule has 2 unspecified atom stereocenters. The summed E-state index contributed by atoms with van der Waals surface area (Å²) in [5, 5.41) is 11.9. The molecular weight excluding hydrogens is 264 g/mol. The monoisotopic (exact) mass is 284 g/mol. The number of terminal acetylenes is 1. The van der Waals surface area contributed by atoms with Gasteiger partial charge in [-0.1, -0.05) is 6.92 Å². The van der Waals surface area contributed by atoms with Crippen LogP contribution in [0.1, 0.15) is 32.6 Å². The third-order valence-electron chi connectivity index (χ3n) is 2.99. The van der Waals surface area contributed by atoms with Crippen LogP contribution >= 0.6 is 11.8 Å². The normalized spacial score (nSPS) is 22.0. The highest BCUT2D eigenvalue weighted by Crippen LogP contribution is 2.31. The minimum Gasteiger partial charge on any atom is -0.480 e. The number of carboxylic acids is 1. The highest BCUT2D eigenvalue weighted by molar-refractivity contribution is 8.00. The lowest BCUT2D eigenvalue weighted by Gasteiger charge is -2.26. The minimum atomic E-state index is -0.939. The number of hydrogen-bond donors (Lipinski definition) is 2. The summed E-state index contributed by atoms with van der Waals surface area (Å²) in [6.45, 7) is 2.49. The standard InChI is InChI=1S/C13H20N2O3S/c1-3-5-6-7-8-14-13(18)15-10(12(16)17)9-19-11(15)4-2/h1,10-11H,4-9H2,2H3,(H,14,18)(H,16,17). The van der Waals surface area contributed by atoms with Gasteiger partial charge in [0, 0.05) is 18.7 Å². The number of amides is 2. The molecular formula is C13H20N2O3S.